The molecule has 0 aliphatic carbocycles. The van der Waals surface area contributed by atoms with Crippen LogP contribution in [0, 0.1) is 0 Å². The van der Waals surface area contributed by atoms with Crippen LogP contribution in [0.1, 0.15) is 56.0 Å². The van der Waals surface area contributed by atoms with Crippen LogP contribution in [0.25, 0.3) is 0 Å². The van der Waals surface area contributed by atoms with Crippen LogP contribution in [0.2, 0.25) is 0 Å². The lowest BCUT2D eigenvalue weighted by molar-refractivity contribution is -0.149. The molecule has 3 aromatic carbocycles. The van der Waals surface area contributed by atoms with Gasteiger partial charge in [-0.15, -0.1) is 0 Å². The van der Waals surface area contributed by atoms with Crippen LogP contribution in [0.5, 0.6) is 0 Å². The van der Waals surface area contributed by atoms with Crippen molar-refractivity contribution in [3.63, 3.8) is 0 Å². The standard InChI is InChI=1S/C35H45N3O9/c1-35(2,3)46-21-25(36)33(44)38-27(20-39)29(41)30(42)31(43)34(45)37-26(22-13-7-4-8-14-22)19-28(40)47-32(23-15-9-5-10-16-23)24-17-11-6-12-18-24/h4-18,25-27,29-32,39,41-43H,19-21,36H2,1-3H3,(H,37,45)(H,38,44)/t25-,26-,27-,29+,30+,31-/m0/s1. The van der Waals surface area contributed by atoms with Crippen LogP contribution in [-0.2, 0) is 23.9 Å². The molecule has 12 nitrogen and oxygen atoms in total. The molecule has 0 saturated carbocycles. The monoisotopic (exact) mass is 651 g/mol. The molecule has 0 heterocycles. The van der Waals surface area contributed by atoms with Gasteiger partial charge in [-0.3, -0.25) is 14.4 Å². The molecule has 12 heteroatoms. The Labute approximate surface area is 274 Å². The van der Waals surface area contributed by atoms with Crippen molar-refractivity contribution in [2.75, 3.05) is 13.2 Å². The summed E-state index contributed by atoms with van der Waals surface area (Å²) in [4.78, 5) is 39.0. The largest absolute Gasteiger partial charge is 0.452 e. The van der Waals surface area contributed by atoms with Gasteiger partial charge >= 0.3 is 5.97 Å². The fourth-order valence-electron chi connectivity index (χ4n) is 4.65. The first-order chi connectivity index (χ1) is 22.3. The van der Waals surface area contributed by atoms with Gasteiger partial charge < -0.3 is 46.3 Å². The smallest absolute Gasteiger partial charge is 0.309 e. The number of aliphatic hydroxyl groups excluding tert-OH is 4. The molecule has 0 unspecified atom stereocenters. The minimum absolute atomic E-state index is 0.155. The van der Waals surface area contributed by atoms with E-state index < -0.39 is 72.5 Å². The van der Waals surface area contributed by atoms with Crippen LogP contribution in [0.4, 0.5) is 0 Å². The van der Waals surface area contributed by atoms with Crippen LogP contribution in [0.15, 0.2) is 91.0 Å². The third-order valence-corrected chi connectivity index (χ3v) is 7.25. The molecule has 0 fully saturated rings. The number of hydrogen-bond acceptors (Lipinski definition) is 10. The van der Waals surface area contributed by atoms with Crippen molar-refractivity contribution in [2.24, 2.45) is 5.73 Å². The Morgan fingerprint density at radius 3 is 1.70 bits per heavy atom. The molecule has 3 rings (SSSR count). The number of nitrogens with two attached hydrogens (primary N) is 1. The second-order valence-electron chi connectivity index (χ2n) is 12.1. The molecule has 6 atom stereocenters. The lowest BCUT2D eigenvalue weighted by Crippen LogP contribution is -2.59. The van der Waals surface area contributed by atoms with Gasteiger partial charge in [0.2, 0.25) is 5.91 Å². The fourth-order valence-corrected chi connectivity index (χ4v) is 4.65. The summed E-state index contributed by atoms with van der Waals surface area (Å²) in [5.41, 5.74) is 7.28. The van der Waals surface area contributed by atoms with Crippen LogP contribution in [0.3, 0.4) is 0 Å². The molecule has 2 amide bonds. The number of nitrogens with one attached hydrogen (secondary N) is 2. The number of ether oxygens (including phenoxy) is 2. The second-order valence-corrected chi connectivity index (χ2v) is 12.1. The zero-order valence-corrected chi connectivity index (χ0v) is 26.7. The Hall–Kier alpha value is -4.17. The minimum Gasteiger partial charge on any atom is -0.452 e. The topological polar surface area (TPSA) is 201 Å². The van der Waals surface area contributed by atoms with Gasteiger partial charge in [0, 0.05) is 0 Å². The van der Waals surface area contributed by atoms with Crippen molar-refractivity contribution in [2.45, 2.75) is 75.3 Å². The highest BCUT2D eigenvalue weighted by Gasteiger charge is 2.37. The Bertz CT molecular complexity index is 1360. The van der Waals surface area contributed by atoms with Gasteiger partial charge in [-0.2, -0.15) is 0 Å². The summed E-state index contributed by atoms with van der Waals surface area (Å²) in [6, 6.07) is 23.2. The van der Waals surface area contributed by atoms with E-state index in [0.29, 0.717) is 5.56 Å². The number of amides is 2. The highest BCUT2D eigenvalue weighted by molar-refractivity contribution is 5.83. The Morgan fingerprint density at radius 1 is 0.745 bits per heavy atom. The van der Waals surface area contributed by atoms with Crippen LogP contribution in [-0.4, -0.2) is 87.4 Å². The fraction of sp³-hybridized carbons (Fsp3) is 0.400. The SMILES string of the molecule is CC(C)(C)OC[C@H](N)C(=O)N[C@@H](CO)[C@@H](O)[C@@H](O)[C@H](O)C(=O)N[C@@H](CC(=O)OC(c1ccccc1)c1ccccc1)c1ccccc1. The number of aliphatic hydroxyl groups is 4. The maximum Gasteiger partial charge on any atom is 0.309 e. The van der Waals surface area contributed by atoms with Crippen LogP contribution < -0.4 is 16.4 Å². The van der Waals surface area contributed by atoms with Gasteiger partial charge in [-0.05, 0) is 37.5 Å². The summed E-state index contributed by atoms with van der Waals surface area (Å²) in [7, 11) is 0. The lowest BCUT2D eigenvalue weighted by Gasteiger charge is -2.30. The Balaban J connectivity index is 1.70. The molecule has 0 aromatic heterocycles. The number of hydrogen-bond donors (Lipinski definition) is 7. The minimum atomic E-state index is -2.21. The molecule has 8 N–H and O–H groups in total. The molecule has 0 saturated heterocycles. The van der Waals surface area contributed by atoms with Crippen molar-refractivity contribution in [1.29, 1.82) is 0 Å². The van der Waals surface area contributed by atoms with Crippen molar-refractivity contribution in [3.8, 4) is 0 Å². The molecule has 0 spiro atoms. The van der Waals surface area contributed by atoms with E-state index in [1.807, 2.05) is 60.7 Å². The first-order valence-corrected chi connectivity index (χ1v) is 15.3. The summed E-state index contributed by atoms with van der Waals surface area (Å²) in [6.45, 7) is 4.33. The normalized spacial score (nSPS) is 15.5. The quantitative estimate of drug-likeness (QED) is 0.111. The molecular weight excluding hydrogens is 606 g/mol. The maximum absolute atomic E-state index is 13.4. The molecular formula is C35H45N3O9. The van der Waals surface area contributed by atoms with E-state index >= 15 is 0 Å². The third kappa shape index (κ3) is 11.5. The summed E-state index contributed by atoms with van der Waals surface area (Å²) in [5, 5.41) is 46.7. The van der Waals surface area contributed by atoms with Gasteiger partial charge in [0.15, 0.2) is 12.2 Å². The van der Waals surface area contributed by atoms with Crippen molar-refractivity contribution >= 4 is 17.8 Å². The van der Waals surface area contributed by atoms with E-state index in [1.54, 1.807) is 51.1 Å². The average molecular weight is 652 g/mol. The van der Waals surface area contributed by atoms with E-state index in [4.69, 9.17) is 15.2 Å². The predicted octanol–water partition coefficient (Wildman–Crippen LogP) is 1.27. The van der Waals surface area contributed by atoms with Gasteiger partial charge in [0.25, 0.3) is 5.91 Å². The first-order valence-electron chi connectivity index (χ1n) is 15.3. The number of esters is 1. The molecule has 47 heavy (non-hydrogen) atoms. The van der Waals surface area contributed by atoms with Gasteiger partial charge in [-0.1, -0.05) is 91.0 Å². The van der Waals surface area contributed by atoms with Gasteiger partial charge in [0.1, 0.15) is 18.2 Å². The van der Waals surface area contributed by atoms with Crippen LogP contribution >= 0.6 is 0 Å². The summed E-state index contributed by atoms with van der Waals surface area (Å²) >= 11 is 0. The predicted molar refractivity (Wildman–Crippen MR) is 173 cm³/mol. The van der Waals surface area contributed by atoms with Crippen molar-refractivity contribution in [3.05, 3.63) is 108 Å². The number of carbonyl (C=O) groups is 3. The van der Waals surface area contributed by atoms with Crippen molar-refractivity contribution in [1.82, 2.24) is 10.6 Å². The van der Waals surface area contributed by atoms with E-state index in [2.05, 4.69) is 10.6 Å². The first kappa shape index (κ1) is 37.3. The van der Waals surface area contributed by atoms with Crippen molar-refractivity contribution < 1.29 is 44.3 Å². The second kappa shape index (κ2) is 17.7. The zero-order valence-electron chi connectivity index (χ0n) is 26.7. The van der Waals surface area contributed by atoms with E-state index in [1.165, 1.54) is 0 Å². The van der Waals surface area contributed by atoms with E-state index in [0.717, 1.165) is 11.1 Å². The molecule has 3 aromatic rings. The number of carbonyl (C=O) groups excluding carboxylic acids is 3. The Kier molecular flexibility index (Phi) is 14.0. The summed E-state index contributed by atoms with van der Waals surface area (Å²) < 4.78 is 11.4. The zero-order chi connectivity index (χ0) is 34.6. The summed E-state index contributed by atoms with van der Waals surface area (Å²) in [6.07, 6.45) is -7.38. The Morgan fingerprint density at radius 2 is 1.23 bits per heavy atom. The number of rotatable bonds is 16. The van der Waals surface area contributed by atoms with E-state index in [-0.39, 0.29) is 13.0 Å². The maximum atomic E-state index is 13.4. The van der Waals surface area contributed by atoms with Gasteiger partial charge in [0.05, 0.1) is 37.3 Å². The van der Waals surface area contributed by atoms with E-state index in [9.17, 15) is 34.8 Å². The molecule has 0 radical (unpaired) electrons. The summed E-state index contributed by atoms with van der Waals surface area (Å²) in [5.74, 6) is -2.55. The molecule has 0 aliphatic heterocycles. The lowest BCUT2D eigenvalue weighted by atomic mass is 9.98. The third-order valence-electron chi connectivity index (χ3n) is 7.25. The molecule has 0 aliphatic rings. The number of benzene rings is 3. The average Bonchev–Trinajstić information content (AvgIpc) is 3.07. The van der Waals surface area contributed by atoms with Gasteiger partial charge in [-0.25, -0.2) is 0 Å². The highest BCUT2D eigenvalue weighted by atomic mass is 16.5. The highest BCUT2D eigenvalue weighted by Crippen LogP contribution is 2.28. The molecule has 254 valence electrons. The molecule has 0 bridgehead atoms.